The molecule has 2 unspecified atom stereocenters. The summed E-state index contributed by atoms with van der Waals surface area (Å²) in [5.74, 6) is -0.583. The first-order valence-corrected chi connectivity index (χ1v) is 8.64. The number of hydrogen-bond donors (Lipinski definition) is 2. The molecule has 9 nitrogen and oxygen atoms in total. The van der Waals surface area contributed by atoms with Crippen molar-refractivity contribution >= 4 is 23.3 Å². The van der Waals surface area contributed by atoms with Crippen LogP contribution in [0.2, 0.25) is 0 Å². The van der Waals surface area contributed by atoms with Gasteiger partial charge in [-0.25, -0.2) is 4.79 Å². The Balaban J connectivity index is 1.65. The average Bonchev–Trinajstić information content (AvgIpc) is 2.67. The van der Waals surface area contributed by atoms with E-state index in [1.807, 2.05) is 24.3 Å². The van der Waals surface area contributed by atoms with Crippen molar-refractivity contribution in [1.82, 2.24) is 5.32 Å². The Hall–Kier alpha value is -3.62. The molecule has 9 heteroatoms. The van der Waals surface area contributed by atoms with Gasteiger partial charge in [0.2, 0.25) is 0 Å². The van der Waals surface area contributed by atoms with Gasteiger partial charge in [0.1, 0.15) is 5.75 Å². The second kappa shape index (κ2) is 7.95. The number of nitrogens with one attached hydrogen (secondary N) is 1. The van der Waals surface area contributed by atoms with E-state index in [1.54, 1.807) is 0 Å². The summed E-state index contributed by atoms with van der Waals surface area (Å²) >= 11 is 0. The van der Waals surface area contributed by atoms with Gasteiger partial charge in [-0.05, 0) is 19.1 Å². The summed E-state index contributed by atoms with van der Waals surface area (Å²) in [6.07, 6.45) is -0.476. The fourth-order valence-electron chi connectivity index (χ4n) is 2.91. The van der Waals surface area contributed by atoms with Crippen molar-refractivity contribution in [2.75, 3.05) is 12.3 Å². The predicted octanol–water partition coefficient (Wildman–Crippen LogP) is 2.36. The van der Waals surface area contributed by atoms with Gasteiger partial charge in [-0.15, -0.1) is 0 Å². The molecule has 3 N–H and O–H groups in total. The minimum absolute atomic E-state index is 0.0401. The topological polar surface area (TPSA) is 134 Å². The zero-order chi connectivity index (χ0) is 20.3. The van der Waals surface area contributed by atoms with E-state index in [2.05, 4.69) is 5.32 Å². The van der Waals surface area contributed by atoms with Crippen molar-refractivity contribution in [3.8, 4) is 5.75 Å². The maximum atomic E-state index is 12.5. The molecule has 1 aliphatic rings. The molecule has 1 amide bonds. The smallest absolute Gasteiger partial charge is 0.341 e. The number of para-hydroxylation sites is 1. The monoisotopic (exact) mass is 385 g/mol. The summed E-state index contributed by atoms with van der Waals surface area (Å²) in [5.41, 5.74) is 6.19. The number of nitrogens with two attached hydrogens (primary N) is 1. The van der Waals surface area contributed by atoms with Gasteiger partial charge in [0.15, 0.2) is 6.10 Å². The first kappa shape index (κ1) is 19.2. The molecule has 0 bridgehead atoms. The third-order valence-electron chi connectivity index (χ3n) is 4.39. The summed E-state index contributed by atoms with van der Waals surface area (Å²) in [5, 5.41) is 13.6. The fourth-order valence-corrected chi connectivity index (χ4v) is 2.91. The fraction of sp³-hybridized carbons (Fsp3) is 0.263. The quantitative estimate of drug-likeness (QED) is 0.349. The zero-order valence-corrected chi connectivity index (χ0v) is 15.1. The molecule has 0 radical (unpaired) electrons. The van der Waals surface area contributed by atoms with E-state index in [0.29, 0.717) is 18.8 Å². The Morgan fingerprint density at radius 3 is 2.79 bits per heavy atom. The highest BCUT2D eigenvalue weighted by atomic mass is 16.6. The lowest BCUT2D eigenvalue weighted by Gasteiger charge is -2.27. The Bertz CT molecular complexity index is 930. The van der Waals surface area contributed by atoms with Crippen LogP contribution in [0.5, 0.6) is 5.75 Å². The SMILES string of the molecule is CC(OC(=O)c1ccc([N+](=O)[O-])cc1N)C(=O)NC1CCOc2ccccc21. The molecular formula is C19H19N3O6. The number of nitro groups is 1. The second-order valence-corrected chi connectivity index (χ2v) is 6.31. The molecule has 0 fully saturated rings. The number of fused-ring (bicyclic) bond motifs is 1. The first-order valence-electron chi connectivity index (χ1n) is 8.64. The molecule has 2 aromatic carbocycles. The minimum Gasteiger partial charge on any atom is -0.493 e. The molecule has 0 aliphatic carbocycles. The van der Waals surface area contributed by atoms with Crippen LogP contribution < -0.4 is 15.8 Å². The maximum absolute atomic E-state index is 12.5. The number of nitro benzene ring substituents is 1. The van der Waals surface area contributed by atoms with Gasteiger partial charge < -0.3 is 20.5 Å². The average molecular weight is 385 g/mol. The number of carbonyl (C=O) groups excluding carboxylic acids is 2. The molecule has 146 valence electrons. The summed E-state index contributed by atoms with van der Waals surface area (Å²) in [7, 11) is 0. The molecule has 2 atom stereocenters. The Morgan fingerprint density at radius 1 is 1.32 bits per heavy atom. The Labute approximate surface area is 160 Å². The molecule has 0 spiro atoms. The van der Waals surface area contributed by atoms with Crippen molar-refractivity contribution in [2.24, 2.45) is 0 Å². The summed E-state index contributed by atoms with van der Waals surface area (Å²) in [4.78, 5) is 34.9. The van der Waals surface area contributed by atoms with Crippen molar-refractivity contribution in [3.05, 3.63) is 63.7 Å². The summed E-state index contributed by atoms with van der Waals surface area (Å²) < 4.78 is 10.7. The van der Waals surface area contributed by atoms with Crippen LogP contribution in [0.15, 0.2) is 42.5 Å². The van der Waals surface area contributed by atoms with Crippen LogP contribution >= 0.6 is 0 Å². The molecular weight excluding hydrogens is 366 g/mol. The number of amides is 1. The Kier molecular flexibility index (Phi) is 5.44. The predicted molar refractivity (Wildman–Crippen MR) is 99.8 cm³/mol. The van der Waals surface area contributed by atoms with Crippen LogP contribution in [0, 0.1) is 10.1 Å². The van der Waals surface area contributed by atoms with Gasteiger partial charge in [-0.1, -0.05) is 18.2 Å². The lowest BCUT2D eigenvalue weighted by atomic mass is 10.0. The van der Waals surface area contributed by atoms with E-state index in [0.717, 1.165) is 17.7 Å². The molecule has 1 aliphatic heterocycles. The number of anilines is 1. The Morgan fingerprint density at radius 2 is 2.07 bits per heavy atom. The number of nitrogens with zero attached hydrogens (tertiary/aromatic N) is 1. The van der Waals surface area contributed by atoms with Crippen LogP contribution in [0.25, 0.3) is 0 Å². The lowest BCUT2D eigenvalue weighted by Crippen LogP contribution is -2.39. The summed E-state index contributed by atoms with van der Waals surface area (Å²) in [6, 6.07) is 10.6. The van der Waals surface area contributed by atoms with E-state index in [9.17, 15) is 19.7 Å². The maximum Gasteiger partial charge on any atom is 0.341 e. The summed E-state index contributed by atoms with van der Waals surface area (Å²) in [6.45, 7) is 1.91. The number of ether oxygens (including phenoxy) is 2. The third kappa shape index (κ3) is 4.03. The number of hydrogen-bond acceptors (Lipinski definition) is 7. The normalized spacial score (nSPS) is 16.2. The van der Waals surface area contributed by atoms with E-state index >= 15 is 0 Å². The van der Waals surface area contributed by atoms with E-state index in [1.165, 1.54) is 13.0 Å². The van der Waals surface area contributed by atoms with Gasteiger partial charge in [0.25, 0.3) is 11.6 Å². The number of esters is 1. The largest absolute Gasteiger partial charge is 0.493 e. The highest BCUT2D eigenvalue weighted by Crippen LogP contribution is 2.31. The van der Waals surface area contributed by atoms with Crippen LogP contribution in [0.4, 0.5) is 11.4 Å². The van der Waals surface area contributed by atoms with Crippen molar-refractivity contribution < 1.29 is 24.0 Å². The van der Waals surface area contributed by atoms with E-state index in [4.69, 9.17) is 15.2 Å². The van der Waals surface area contributed by atoms with Crippen molar-refractivity contribution in [2.45, 2.75) is 25.5 Å². The standard InChI is InChI=1S/C19H19N3O6/c1-11(28-19(24)13-7-6-12(22(25)26)10-15(13)20)18(23)21-16-8-9-27-17-5-3-2-4-14(16)17/h2-7,10-11,16H,8-9,20H2,1H3,(H,21,23). The lowest BCUT2D eigenvalue weighted by molar-refractivity contribution is -0.384. The zero-order valence-electron chi connectivity index (χ0n) is 15.1. The van der Waals surface area contributed by atoms with Crippen LogP contribution in [0.1, 0.15) is 35.3 Å². The number of rotatable bonds is 5. The van der Waals surface area contributed by atoms with Crippen LogP contribution in [-0.4, -0.2) is 29.5 Å². The number of non-ortho nitro benzene ring substituents is 1. The number of carbonyl (C=O) groups is 2. The second-order valence-electron chi connectivity index (χ2n) is 6.31. The highest BCUT2D eigenvalue weighted by molar-refractivity contribution is 5.97. The van der Waals surface area contributed by atoms with Crippen molar-refractivity contribution in [1.29, 1.82) is 0 Å². The van der Waals surface area contributed by atoms with Crippen molar-refractivity contribution in [3.63, 3.8) is 0 Å². The minimum atomic E-state index is -1.07. The number of nitrogen functional groups attached to an aromatic ring is 1. The third-order valence-corrected chi connectivity index (χ3v) is 4.39. The van der Waals surface area contributed by atoms with Gasteiger partial charge >= 0.3 is 5.97 Å². The van der Waals surface area contributed by atoms with Crippen LogP contribution in [0.3, 0.4) is 0 Å². The number of benzene rings is 2. The van der Waals surface area contributed by atoms with Gasteiger partial charge in [-0.3, -0.25) is 14.9 Å². The molecule has 28 heavy (non-hydrogen) atoms. The van der Waals surface area contributed by atoms with E-state index < -0.39 is 22.9 Å². The molecule has 1 heterocycles. The van der Waals surface area contributed by atoms with Gasteiger partial charge in [-0.2, -0.15) is 0 Å². The molecule has 2 aromatic rings. The molecule has 3 rings (SSSR count). The molecule has 0 aromatic heterocycles. The first-order chi connectivity index (χ1) is 13.4. The van der Waals surface area contributed by atoms with Crippen LogP contribution in [-0.2, 0) is 9.53 Å². The molecule has 0 saturated heterocycles. The molecule has 0 saturated carbocycles. The highest BCUT2D eigenvalue weighted by Gasteiger charge is 2.27. The van der Waals surface area contributed by atoms with Gasteiger partial charge in [0.05, 0.1) is 28.8 Å². The van der Waals surface area contributed by atoms with E-state index in [-0.39, 0.29) is 23.0 Å². The van der Waals surface area contributed by atoms with Gasteiger partial charge in [0, 0.05) is 24.1 Å².